The Balaban J connectivity index is 1.42. The highest BCUT2D eigenvalue weighted by molar-refractivity contribution is 5.91. The quantitative estimate of drug-likeness (QED) is 0.740. The Bertz CT molecular complexity index is 955. The lowest BCUT2D eigenvalue weighted by Crippen LogP contribution is -2.42. The average Bonchev–Trinajstić information content (AvgIpc) is 3.11. The van der Waals surface area contributed by atoms with E-state index in [1.165, 1.54) is 0 Å². The second kappa shape index (κ2) is 7.26. The third kappa shape index (κ3) is 3.57. The van der Waals surface area contributed by atoms with Gasteiger partial charge in [0.15, 0.2) is 0 Å². The molecule has 1 fully saturated rings. The van der Waals surface area contributed by atoms with Crippen LogP contribution in [-0.4, -0.2) is 55.1 Å². The van der Waals surface area contributed by atoms with Gasteiger partial charge in [-0.1, -0.05) is 0 Å². The number of nitrogens with zero attached hydrogens (tertiary/aromatic N) is 7. The lowest BCUT2D eigenvalue weighted by atomic mass is 9.98. The Morgan fingerprint density at radius 3 is 2.89 bits per heavy atom. The number of amides is 1. The zero-order valence-corrected chi connectivity index (χ0v) is 15.5. The monoisotopic (exact) mass is 366 g/mol. The Morgan fingerprint density at radius 1 is 1.26 bits per heavy atom. The first-order chi connectivity index (χ1) is 13.1. The van der Waals surface area contributed by atoms with Gasteiger partial charge in [0, 0.05) is 43.4 Å². The SMILES string of the molecule is Cc1cc(C)n2c(C(=O)NC[C@@H]3CCCN(c4ncccn4)C3)nnc2n1. The summed E-state index contributed by atoms with van der Waals surface area (Å²) in [4.78, 5) is 27.8. The molecule has 0 saturated carbocycles. The van der Waals surface area contributed by atoms with E-state index in [9.17, 15) is 4.79 Å². The zero-order chi connectivity index (χ0) is 18.8. The summed E-state index contributed by atoms with van der Waals surface area (Å²) in [6.07, 6.45) is 5.61. The number of nitrogens with one attached hydrogen (secondary N) is 1. The van der Waals surface area contributed by atoms with Gasteiger partial charge in [0.1, 0.15) is 0 Å². The molecule has 9 nitrogen and oxygen atoms in total. The second-order valence-electron chi connectivity index (χ2n) is 6.91. The maximum absolute atomic E-state index is 12.7. The molecule has 1 atom stereocenters. The summed E-state index contributed by atoms with van der Waals surface area (Å²) in [5.74, 6) is 1.57. The van der Waals surface area contributed by atoms with Crippen molar-refractivity contribution in [3.05, 3.63) is 41.7 Å². The number of piperidine rings is 1. The number of anilines is 1. The summed E-state index contributed by atoms with van der Waals surface area (Å²) in [7, 11) is 0. The molecule has 0 unspecified atom stereocenters. The molecule has 9 heteroatoms. The topological polar surface area (TPSA) is 101 Å². The summed E-state index contributed by atoms with van der Waals surface area (Å²) >= 11 is 0. The minimum atomic E-state index is -0.232. The van der Waals surface area contributed by atoms with Crippen LogP contribution in [0.15, 0.2) is 24.5 Å². The van der Waals surface area contributed by atoms with Gasteiger partial charge in [0.25, 0.3) is 11.7 Å². The van der Waals surface area contributed by atoms with Crippen molar-refractivity contribution in [1.29, 1.82) is 0 Å². The fourth-order valence-corrected chi connectivity index (χ4v) is 3.56. The molecule has 0 aliphatic carbocycles. The van der Waals surface area contributed by atoms with Crippen LogP contribution in [-0.2, 0) is 0 Å². The van der Waals surface area contributed by atoms with E-state index in [2.05, 4.69) is 35.4 Å². The number of aromatic nitrogens is 6. The molecule has 0 bridgehead atoms. The van der Waals surface area contributed by atoms with E-state index in [0.29, 0.717) is 18.2 Å². The van der Waals surface area contributed by atoms with E-state index in [0.717, 1.165) is 43.3 Å². The molecular weight excluding hydrogens is 344 g/mol. The highest BCUT2D eigenvalue weighted by Crippen LogP contribution is 2.19. The van der Waals surface area contributed by atoms with E-state index in [1.54, 1.807) is 16.8 Å². The van der Waals surface area contributed by atoms with Crippen LogP contribution in [0.3, 0.4) is 0 Å². The fourth-order valence-electron chi connectivity index (χ4n) is 3.56. The molecule has 0 radical (unpaired) electrons. The molecule has 1 N–H and O–H groups in total. The highest BCUT2D eigenvalue weighted by Gasteiger charge is 2.23. The smallest absolute Gasteiger partial charge is 0.289 e. The Morgan fingerprint density at radius 2 is 2.07 bits per heavy atom. The average molecular weight is 366 g/mol. The summed E-state index contributed by atoms with van der Waals surface area (Å²) in [5.41, 5.74) is 1.74. The summed E-state index contributed by atoms with van der Waals surface area (Å²) in [5, 5.41) is 11.1. The first-order valence-corrected chi connectivity index (χ1v) is 9.11. The van der Waals surface area contributed by atoms with Crippen molar-refractivity contribution in [3.63, 3.8) is 0 Å². The number of rotatable bonds is 4. The van der Waals surface area contributed by atoms with Gasteiger partial charge in [-0.05, 0) is 44.7 Å². The number of hydrogen-bond donors (Lipinski definition) is 1. The van der Waals surface area contributed by atoms with Crippen molar-refractivity contribution in [3.8, 4) is 0 Å². The minimum absolute atomic E-state index is 0.232. The first-order valence-electron chi connectivity index (χ1n) is 9.11. The van der Waals surface area contributed by atoms with E-state index < -0.39 is 0 Å². The van der Waals surface area contributed by atoms with Crippen LogP contribution in [0.4, 0.5) is 5.95 Å². The lowest BCUT2D eigenvalue weighted by Gasteiger charge is -2.32. The van der Waals surface area contributed by atoms with Crippen molar-refractivity contribution < 1.29 is 4.79 Å². The van der Waals surface area contributed by atoms with Crippen LogP contribution in [0.5, 0.6) is 0 Å². The summed E-state index contributed by atoms with van der Waals surface area (Å²) < 4.78 is 1.69. The van der Waals surface area contributed by atoms with Gasteiger partial charge in [-0.2, -0.15) is 0 Å². The predicted molar refractivity (Wildman–Crippen MR) is 99.6 cm³/mol. The maximum atomic E-state index is 12.7. The van der Waals surface area contributed by atoms with E-state index in [-0.39, 0.29) is 11.7 Å². The zero-order valence-electron chi connectivity index (χ0n) is 15.5. The molecule has 4 heterocycles. The summed E-state index contributed by atoms with van der Waals surface area (Å²) in [6, 6.07) is 3.72. The van der Waals surface area contributed by atoms with Gasteiger partial charge in [-0.3, -0.25) is 9.20 Å². The van der Waals surface area contributed by atoms with E-state index in [4.69, 9.17) is 0 Å². The molecule has 1 aliphatic rings. The van der Waals surface area contributed by atoms with Crippen molar-refractivity contribution in [2.24, 2.45) is 5.92 Å². The third-order valence-electron chi connectivity index (χ3n) is 4.80. The molecule has 3 aromatic heterocycles. The molecule has 27 heavy (non-hydrogen) atoms. The summed E-state index contributed by atoms with van der Waals surface area (Å²) in [6.45, 7) is 6.15. The van der Waals surface area contributed by atoms with Crippen LogP contribution in [0, 0.1) is 19.8 Å². The van der Waals surface area contributed by atoms with Crippen molar-refractivity contribution >= 4 is 17.6 Å². The molecule has 3 aromatic rings. The Labute approximate surface area is 156 Å². The fraction of sp³-hybridized carbons (Fsp3) is 0.444. The molecule has 0 aromatic carbocycles. The number of carbonyl (C=O) groups is 1. The third-order valence-corrected chi connectivity index (χ3v) is 4.80. The minimum Gasteiger partial charge on any atom is -0.349 e. The Kier molecular flexibility index (Phi) is 4.66. The molecule has 0 spiro atoms. The molecular formula is C18H22N8O. The molecule has 4 rings (SSSR count). The number of aryl methyl sites for hydroxylation is 2. The van der Waals surface area contributed by atoms with E-state index >= 15 is 0 Å². The van der Waals surface area contributed by atoms with Gasteiger partial charge in [-0.25, -0.2) is 15.0 Å². The molecule has 1 aliphatic heterocycles. The largest absolute Gasteiger partial charge is 0.349 e. The van der Waals surface area contributed by atoms with Crippen LogP contribution in [0.2, 0.25) is 0 Å². The van der Waals surface area contributed by atoms with Crippen molar-refractivity contribution in [1.82, 2.24) is 34.9 Å². The number of carbonyl (C=O) groups excluding carboxylic acids is 1. The molecule has 140 valence electrons. The van der Waals surface area contributed by atoms with Crippen LogP contribution < -0.4 is 10.2 Å². The van der Waals surface area contributed by atoms with Crippen molar-refractivity contribution in [2.45, 2.75) is 26.7 Å². The first kappa shape index (κ1) is 17.3. The molecule has 1 saturated heterocycles. The van der Waals surface area contributed by atoms with Gasteiger partial charge in [0.05, 0.1) is 0 Å². The van der Waals surface area contributed by atoms with Crippen molar-refractivity contribution in [2.75, 3.05) is 24.5 Å². The normalized spacial score (nSPS) is 17.3. The van der Waals surface area contributed by atoms with Gasteiger partial charge in [0.2, 0.25) is 11.8 Å². The standard InChI is InChI=1S/C18H22N8O/c1-12-9-13(2)26-15(23-24-18(26)22-12)16(27)21-10-14-5-3-8-25(11-14)17-19-6-4-7-20-17/h4,6-7,9,14H,3,5,8,10-11H2,1-2H3,(H,21,27)/t14-/m0/s1. The van der Waals surface area contributed by atoms with Crippen LogP contribution in [0.1, 0.15) is 34.8 Å². The number of hydrogen-bond acceptors (Lipinski definition) is 7. The second-order valence-corrected chi connectivity index (χ2v) is 6.91. The number of fused-ring (bicyclic) bond motifs is 1. The van der Waals surface area contributed by atoms with Crippen LogP contribution >= 0.6 is 0 Å². The lowest BCUT2D eigenvalue weighted by molar-refractivity contribution is 0.0933. The maximum Gasteiger partial charge on any atom is 0.289 e. The van der Waals surface area contributed by atoms with Gasteiger partial charge in [-0.15, -0.1) is 10.2 Å². The van der Waals surface area contributed by atoms with E-state index in [1.807, 2.05) is 26.0 Å². The van der Waals surface area contributed by atoms with Gasteiger partial charge < -0.3 is 10.2 Å². The predicted octanol–water partition coefficient (Wildman–Crippen LogP) is 1.18. The Hall–Kier alpha value is -3.10. The van der Waals surface area contributed by atoms with Crippen LogP contribution in [0.25, 0.3) is 5.78 Å². The highest BCUT2D eigenvalue weighted by atomic mass is 16.2. The van der Waals surface area contributed by atoms with Gasteiger partial charge >= 0.3 is 0 Å². The molecule has 1 amide bonds.